The van der Waals surface area contributed by atoms with Crippen molar-refractivity contribution in [3.63, 3.8) is 0 Å². The molecule has 0 fully saturated rings. The van der Waals surface area contributed by atoms with Gasteiger partial charge in [-0.25, -0.2) is 4.79 Å². The SMILES string of the molecule is COc1cc(/C=C/C(=O)Nc2ccc3oc(=O)[nH]c3c2)cc(OC)c1. The third kappa shape index (κ3) is 3.89. The molecular weight excluding hydrogens is 324 g/mol. The lowest BCUT2D eigenvalue weighted by Crippen LogP contribution is -2.07. The molecule has 1 aromatic heterocycles. The van der Waals surface area contributed by atoms with Gasteiger partial charge in [-0.2, -0.15) is 0 Å². The average molecular weight is 340 g/mol. The van der Waals surface area contributed by atoms with Crippen LogP contribution in [-0.4, -0.2) is 25.1 Å². The first kappa shape index (κ1) is 16.4. The molecule has 0 aliphatic heterocycles. The van der Waals surface area contributed by atoms with E-state index in [0.29, 0.717) is 28.3 Å². The fourth-order valence-electron chi connectivity index (χ4n) is 2.31. The number of oxazole rings is 1. The minimum Gasteiger partial charge on any atom is -0.497 e. The van der Waals surface area contributed by atoms with Gasteiger partial charge < -0.3 is 19.2 Å². The van der Waals surface area contributed by atoms with Gasteiger partial charge in [-0.15, -0.1) is 0 Å². The highest BCUT2D eigenvalue weighted by Crippen LogP contribution is 2.23. The minimum atomic E-state index is -0.537. The number of methoxy groups -OCH3 is 2. The van der Waals surface area contributed by atoms with Crippen LogP contribution in [0.15, 0.2) is 51.7 Å². The molecule has 0 saturated heterocycles. The molecule has 25 heavy (non-hydrogen) atoms. The molecule has 7 heteroatoms. The zero-order chi connectivity index (χ0) is 17.8. The van der Waals surface area contributed by atoms with Crippen molar-refractivity contribution in [1.29, 1.82) is 0 Å². The number of H-pyrrole nitrogens is 1. The third-order valence-electron chi connectivity index (χ3n) is 3.49. The Labute approximate surface area is 142 Å². The lowest BCUT2D eigenvalue weighted by Gasteiger charge is -2.06. The maximum absolute atomic E-state index is 12.1. The van der Waals surface area contributed by atoms with Crippen LogP contribution in [0.3, 0.4) is 0 Å². The van der Waals surface area contributed by atoms with Crippen molar-refractivity contribution >= 4 is 28.8 Å². The van der Waals surface area contributed by atoms with Crippen LogP contribution in [0.2, 0.25) is 0 Å². The summed E-state index contributed by atoms with van der Waals surface area (Å²) in [5.74, 6) is 0.417. The van der Waals surface area contributed by atoms with Crippen molar-refractivity contribution in [2.45, 2.75) is 0 Å². The standard InChI is InChI=1S/C18H16N2O5/c1-23-13-7-11(8-14(10-13)24-2)3-6-17(21)19-12-4-5-16-15(9-12)20-18(22)25-16/h3-10H,1-2H3,(H,19,21)(H,20,22)/b6-3+. The predicted octanol–water partition coefficient (Wildman–Crippen LogP) is 2.79. The minimum absolute atomic E-state index is 0.313. The van der Waals surface area contributed by atoms with Gasteiger partial charge >= 0.3 is 5.76 Å². The smallest absolute Gasteiger partial charge is 0.417 e. The van der Waals surface area contributed by atoms with Crippen LogP contribution in [0.1, 0.15) is 5.56 Å². The summed E-state index contributed by atoms with van der Waals surface area (Å²) in [6.07, 6.45) is 3.05. The van der Waals surface area contributed by atoms with Crippen LogP contribution in [0.25, 0.3) is 17.2 Å². The lowest BCUT2D eigenvalue weighted by atomic mass is 10.2. The molecule has 3 rings (SSSR count). The van der Waals surface area contributed by atoms with E-state index < -0.39 is 5.76 Å². The number of nitrogens with one attached hydrogen (secondary N) is 2. The van der Waals surface area contributed by atoms with E-state index in [2.05, 4.69) is 10.3 Å². The normalized spacial score (nSPS) is 11.0. The summed E-state index contributed by atoms with van der Waals surface area (Å²) in [5, 5.41) is 2.72. The number of hydrogen-bond donors (Lipinski definition) is 2. The van der Waals surface area contributed by atoms with Crippen LogP contribution in [0, 0.1) is 0 Å². The Morgan fingerprint density at radius 3 is 2.52 bits per heavy atom. The van der Waals surface area contributed by atoms with E-state index in [-0.39, 0.29) is 5.91 Å². The molecule has 7 nitrogen and oxygen atoms in total. The van der Waals surface area contributed by atoms with E-state index in [1.807, 2.05) is 0 Å². The molecule has 2 aromatic carbocycles. The molecule has 0 radical (unpaired) electrons. The van der Waals surface area contributed by atoms with Crippen LogP contribution < -0.4 is 20.5 Å². The van der Waals surface area contributed by atoms with E-state index in [0.717, 1.165) is 5.56 Å². The summed E-state index contributed by atoms with van der Waals surface area (Å²) in [7, 11) is 3.12. The number of aromatic amines is 1. The Hall–Kier alpha value is -3.48. The number of ether oxygens (including phenoxy) is 2. The van der Waals surface area contributed by atoms with Crippen molar-refractivity contribution < 1.29 is 18.7 Å². The Kier molecular flexibility index (Phi) is 4.56. The molecule has 1 amide bonds. The van der Waals surface area contributed by atoms with Gasteiger partial charge in [0.25, 0.3) is 0 Å². The summed E-state index contributed by atoms with van der Waals surface area (Å²) in [5.41, 5.74) is 2.26. The van der Waals surface area contributed by atoms with Gasteiger partial charge in [-0.05, 0) is 42.0 Å². The number of amides is 1. The first-order valence-corrected chi connectivity index (χ1v) is 7.42. The number of aromatic nitrogens is 1. The highest BCUT2D eigenvalue weighted by Gasteiger charge is 2.04. The molecule has 0 saturated carbocycles. The highest BCUT2D eigenvalue weighted by molar-refractivity contribution is 6.02. The summed E-state index contributed by atoms with van der Waals surface area (Å²) >= 11 is 0. The Morgan fingerprint density at radius 2 is 1.84 bits per heavy atom. The molecule has 0 unspecified atom stereocenters. The number of rotatable bonds is 5. The van der Waals surface area contributed by atoms with Crippen molar-refractivity contribution in [2.24, 2.45) is 0 Å². The van der Waals surface area contributed by atoms with Crippen molar-refractivity contribution in [3.8, 4) is 11.5 Å². The Balaban J connectivity index is 1.74. The van der Waals surface area contributed by atoms with E-state index >= 15 is 0 Å². The summed E-state index contributed by atoms with van der Waals surface area (Å²) in [4.78, 5) is 25.8. The van der Waals surface area contributed by atoms with E-state index in [1.54, 1.807) is 56.7 Å². The zero-order valence-corrected chi connectivity index (χ0v) is 13.7. The van der Waals surface area contributed by atoms with Crippen LogP contribution in [0.4, 0.5) is 5.69 Å². The average Bonchev–Trinajstić information content (AvgIpc) is 2.98. The molecule has 0 aliphatic rings. The van der Waals surface area contributed by atoms with Gasteiger partial charge in [0.15, 0.2) is 5.58 Å². The van der Waals surface area contributed by atoms with E-state index in [4.69, 9.17) is 13.9 Å². The maximum Gasteiger partial charge on any atom is 0.417 e. The van der Waals surface area contributed by atoms with Crippen molar-refractivity contribution in [1.82, 2.24) is 4.98 Å². The summed E-state index contributed by atoms with van der Waals surface area (Å²) in [6.45, 7) is 0. The maximum atomic E-state index is 12.1. The second-order valence-corrected chi connectivity index (χ2v) is 5.19. The molecule has 2 N–H and O–H groups in total. The van der Waals surface area contributed by atoms with Crippen LogP contribution >= 0.6 is 0 Å². The van der Waals surface area contributed by atoms with Gasteiger partial charge in [0.1, 0.15) is 11.5 Å². The first-order chi connectivity index (χ1) is 12.1. The topological polar surface area (TPSA) is 93.6 Å². The van der Waals surface area contributed by atoms with Crippen molar-refractivity contribution in [3.05, 3.63) is 58.6 Å². The molecule has 0 atom stereocenters. The first-order valence-electron chi connectivity index (χ1n) is 7.42. The van der Waals surface area contributed by atoms with Crippen LogP contribution in [0.5, 0.6) is 11.5 Å². The quantitative estimate of drug-likeness (QED) is 0.697. The van der Waals surface area contributed by atoms with Gasteiger partial charge in [-0.3, -0.25) is 9.78 Å². The number of fused-ring (bicyclic) bond motifs is 1. The number of benzene rings is 2. The third-order valence-corrected chi connectivity index (χ3v) is 3.49. The van der Waals surface area contributed by atoms with Gasteiger partial charge in [0, 0.05) is 17.8 Å². The molecular formula is C18H16N2O5. The van der Waals surface area contributed by atoms with Crippen LogP contribution in [-0.2, 0) is 4.79 Å². The molecule has 0 aliphatic carbocycles. The zero-order valence-electron chi connectivity index (χ0n) is 13.7. The molecule has 0 bridgehead atoms. The number of anilines is 1. The lowest BCUT2D eigenvalue weighted by molar-refractivity contribution is -0.111. The molecule has 0 spiro atoms. The Morgan fingerprint density at radius 1 is 1.12 bits per heavy atom. The highest BCUT2D eigenvalue weighted by atomic mass is 16.5. The number of hydrogen-bond acceptors (Lipinski definition) is 5. The summed E-state index contributed by atoms with van der Waals surface area (Å²) in [6, 6.07) is 10.2. The van der Waals surface area contributed by atoms with E-state index in [9.17, 15) is 9.59 Å². The molecule has 3 aromatic rings. The monoisotopic (exact) mass is 340 g/mol. The second-order valence-electron chi connectivity index (χ2n) is 5.19. The van der Waals surface area contributed by atoms with Gasteiger partial charge in [-0.1, -0.05) is 0 Å². The molecule has 128 valence electrons. The largest absolute Gasteiger partial charge is 0.497 e. The number of carbonyl (C=O) groups is 1. The molecule has 1 heterocycles. The second kappa shape index (κ2) is 6.96. The Bertz CT molecular complexity index is 978. The fraction of sp³-hybridized carbons (Fsp3) is 0.111. The van der Waals surface area contributed by atoms with Gasteiger partial charge in [0.05, 0.1) is 19.7 Å². The predicted molar refractivity (Wildman–Crippen MR) is 94.0 cm³/mol. The van der Waals surface area contributed by atoms with E-state index in [1.165, 1.54) is 6.08 Å². The van der Waals surface area contributed by atoms with Gasteiger partial charge in [0.2, 0.25) is 5.91 Å². The van der Waals surface area contributed by atoms with Crippen molar-refractivity contribution in [2.75, 3.05) is 19.5 Å². The summed E-state index contributed by atoms with van der Waals surface area (Å²) < 4.78 is 15.3. The fourth-order valence-corrected chi connectivity index (χ4v) is 2.31. The number of carbonyl (C=O) groups excluding carboxylic acids is 1.